The van der Waals surface area contributed by atoms with Gasteiger partial charge in [0.25, 0.3) is 0 Å². The monoisotopic (exact) mass is 811 g/mol. The van der Waals surface area contributed by atoms with Crippen LogP contribution in [0.25, 0.3) is 0 Å². The second kappa shape index (κ2) is 28.2. The Morgan fingerprint density at radius 3 is 2.16 bits per heavy atom. The highest BCUT2D eigenvalue weighted by Crippen LogP contribution is 2.33. The standard InChI is InChI=1S/C37H61N7O11S/c1-50-53-26-43(18-17-42(19-21-45)20-22-46)24-31(44(27-54-51-2)28-55-52-3)23-29-12-14-30(15-13-29)39-35(48)11-5-4-8-16-38-34(47)10-7-6-9-33-36-32(25-56-33)40-37(49)41-36/h12-15,21-22,31-33,36H,4-11,16-20,23-28H2,1-3H3,(H,38,47)(H,39,48)(H2,40,41,49). The quantitative estimate of drug-likeness (QED) is 0.0200. The summed E-state index contributed by atoms with van der Waals surface area (Å²) in [7, 11) is 4.25. The molecule has 2 aliphatic rings. The summed E-state index contributed by atoms with van der Waals surface area (Å²) in [5, 5.41) is 12.3. The van der Waals surface area contributed by atoms with Crippen LogP contribution < -0.4 is 21.3 Å². The lowest BCUT2D eigenvalue weighted by molar-refractivity contribution is -0.339. The Bertz CT molecular complexity index is 1280. The predicted molar refractivity (Wildman–Crippen MR) is 209 cm³/mol. The fourth-order valence-corrected chi connectivity index (χ4v) is 8.12. The van der Waals surface area contributed by atoms with E-state index in [2.05, 4.69) is 21.3 Å². The highest BCUT2D eigenvalue weighted by Gasteiger charge is 2.42. The number of carbonyl (C=O) groups excluding carboxylic acids is 5. The van der Waals surface area contributed by atoms with Crippen molar-refractivity contribution in [2.24, 2.45) is 0 Å². The molecule has 0 spiro atoms. The minimum absolute atomic E-state index is 0.0515. The van der Waals surface area contributed by atoms with Crippen molar-refractivity contribution in [3.05, 3.63) is 29.8 Å². The van der Waals surface area contributed by atoms with Crippen LogP contribution in [0.1, 0.15) is 56.9 Å². The second-order valence-corrected chi connectivity index (χ2v) is 14.9. The third kappa shape index (κ3) is 18.4. The van der Waals surface area contributed by atoms with Gasteiger partial charge in [-0.2, -0.15) is 11.8 Å². The topological polar surface area (TPSA) is 199 Å². The Morgan fingerprint density at radius 2 is 1.48 bits per heavy atom. The van der Waals surface area contributed by atoms with Gasteiger partial charge < -0.3 is 30.9 Å². The van der Waals surface area contributed by atoms with E-state index in [0.717, 1.165) is 56.0 Å². The molecule has 3 rings (SSSR count). The van der Waals surface area contributed by atoms with E-state index in [-0.39, 0.29) is 69.3 Å². The zero-order chi connectivity index (χ0) is 40.4. The summed E-state index contributed by atoms with van der Waals surface area (Å²) >= 11 is 1.89. The number of urea groups is 1. The molecule has 4 amide bonds. The molecule has 2 aliphatic heterocycles. The Balaban J connectivity index is 1.41. The maximum atomic E-state index is 12.7. The van der Waals surface area contributed by atoms with Crippen molar-refractivity contribution in [1.29, 1.82) is 0 Å². The van der Waals surface area contributed by atoms with E-state index in [1.807, 2.05) is 45.8 Å². The highest BCUT2D eigenvalue weighted by atomic mass is 32.2. The molecule has 56 heavy (non-hydrogen) atoms. The lowest BCUT2D eigenvalue weighted by atomic mass is 10.0. The lowest BCUT2D eigenvalue weighted by Gasteiger charge is -2.34. The molecule has 0 saturated carbocycles. The van der Waals surface area contributed by atoms with Gasteiger partial charge in [-0.05, 0) is 49.8 Å². The van der Waals surface area contributed by atoms with Crippen LogP contribution >= 0.6 is 11.8 Å². The number of fused-ring (bicyclic) bond motifs is 1. The first-order chi connectivity index (χ1) is 27.3. The largest absolute Gasteiger partial charge is 0.356 e. The first-order valence-corrected chi connectivity index (χ1v) is 20.2. The van der Waals surface area contributed by atoms with Gasteiger partial charge in [-0.15, -0.1) is 0 Å². The van der Waals surface area contributed by atoms with Gasteiger partial charge in [0.05, 0.1) is 46.5 Å². The number of carbonyl (C=O) groups is 5. The van der Waals surface area contributed by atoms with Crippen molar-refractivity contribution in [3.8, 4) is 0 Å². The summed E-state index contributed by atoms with van der Waals surface area (Å²) in [6.45, 7) is 2.45. The average molecular weight is 812 g/mol. The Hall–Kier alpha value is -3.24. The molecule has 316 valence electrons. The third-order valence-electron chi connectivity index (χ3n) is 9.60. The number of nitrogens with zero attached hydrogens (tertiary/aromatic N) is 3. The summed E-state index contributed by atoms with van der Waals surface area (Å²) in [6, 6.07) is 7.73. The van der Waals surface area contributed by atoms with Crippen LogP contribution in [0.2, 0.25) is 0 Å². The Labute approximate surface area is 334 Å². The normalized spacial score (nSPS) is 18.2. The van der Waals surface area contributed by atoms with Crippen LogP contribution in [0, 0.1) is 0 Å². The second-order valence-electron chi connectivity index (χ2n) is 13.6. The first kappa shape index (κ1) is 47.1. The van der Waals surface area contributed by atoms with Crippen molar-refractivity contribution in [2.75, 3.05) is 91.9 Å². The third-order valence-corrected chi connectivity index (χ3v) is 11.1. The van der Waals surface area contributed by atoms with Gasteiger partial charge in [0, 0.05) is 61.8 Å². The van der Waals surface area contributed by atoms with Gasteiger partial charge in [-0.1, -0.05) is 25.0 Å². The van der Waals surface area contributed by atoms with E-state index in [1.165, 1.54) is 21.3 Å². The Kier molecular flexibility index (Phi) is 23.7. The summed E-state index contributed by atoms with van der Waals surface area (Å²) in [5.74, 6) is 0.914. The number of benzene rings is 1. The van der Waals surface area contributed by atoms with Crippen molar-refractivity contribution in [3.63, 3.8) is 0 Å². The molecule has 0 aliphatic carbocycles. The highest BCUT2D eigenvalue weighted by molar-refractivity contribution is 8.00. The smallest absolute Gasteiger partial charge is 0.315 e. The minimum Gasteiger partial charge on any atom is -0.356 e. The van der Waals surface area contributed by atoms with Crippen LogP contribution in [0.4, 0.5) is 10.5 Å². The van der Waals surface area contributed by atoms with Crippen LogP contribution in [-0.2, 0) is 54.9 Å². The van der Waals surface area contributed by atoms with E-state index in [4.69, 9.17) is 29.3 Å². The van der Waals surface area contributed by atoms with E-state index in [0.29, 0.717) is 62.8 Å². The summed E-state index contributed by atoms with van der Waals surface area (Å²) < 4.78 is 0. The van der Waals surface area contributed by atoms with Gasteiger partial charge >= 0.3 is 6.03 Å². The van der Waals surface area contributed by atoms with Crippen LogP contribution in [-0.4, -0.2) is 155 Å². The molecule has 4 atom stereocenters. The number of rotatable bonds is 33. The Morgan fingerprint density at radius 1 is 0.839 bits per heavy atom. The SMILES string of the molecule is COOCN(CCN(CC=O)CC=O)CC(Cc1ccc(NC(=O)CCCCCNC(=O)CCCCC2SCC3NC(=O)NC32)cc1)N(COOC)COOC. The van der Waals surface area contributed by atoms with Crippen molar-refractivity contribution in [1.82, 2.24) is 30.7 Å². The molecule has 2 heterocycles. The number of hydrogen-bond donors (Lipinski definition) is 4. The first-order valence-electron chi connectivity index (χ1n) is 19.2. The summed E-state index contributed by atoms with van der Waals surface area (Å²) in [4.78, 5) is 94.7. The van der Waals surface area contributed by atoms with E-state index < -0.39 is 0 Å². The molecule has 0 aromatic heterocycles. The number of anilines is 1. The number of thioether (sulfide) groups is 1. The van der Waals surface area contributed by atoms with E-state index in [9.17, 15) is 24.0 Å². The van der Waals surface area contributed by atoms with Crippen molar-refractivity contribution < 1.29 is 53.3 Å². The molecule has 1 aromatic rings. The number of unbranched alkanes of at least 4 members (excludes halogenated alkanes) is 3. The van der Waals surface area contributed by atoms with Gasteiger partial charge in [0.1, 0.15) is 32.8 Å². The molecular formula is C37H61N7O11S. The maximum absolute atomic E-state index is 12.7. The van der Waals surface area contributed by atoms with Crippen LogP contribution in [0.5, 0.6) is 0 Å². The molecule has 0 bridgehead atoms. The van der Waals surface area contributed by atoms with Crippen molar-refractivity contribution >= 4 is 47.9 Å². The summed E-state index contributed by atoms with van der Waals surface area (Å²) in [6.07, 6.45) is 8.04. The minimum atomic E-state index is -0.221. The van der Waals surface area contributed by atoms with Gasteiger partial charge in [0.15, 0.2) is 0 Å². The fourth-order valence-electron chi connectivity index (χ4n) is 6.58. The van der Waals surface area contributed by atoms with Crippen LogP contribution in [0.15, 0.2) is 24.3 Å². The molecule has 2 saturated heterocycles. The molecule has 0 radical (unpaired) electrons. The van der Waals surface area contributed by atoms with Crippen LogP contribution in [0.3, 0.4) is 0 Å². The number of nitrogens with one attached hydrogen (secondary N) is 4. The van der Waals surface area contributed by atoms with Gasteiger partial charge in [-0.3, -0.25) is 19.4 Å². The molecule has 2 fully saturated rings. The van der Waals surface area contributed by atoms with Crippen molar-refractivity contribution in [2.45, 2.75) is 81.2 Å². The maximum Gasteiger partial charge on any atom is 0.315 e. The zero-order valence-corrected chi connectivity index (χ0v) is 33.8. The van der Waals surface area contributed by atoms with E-state index >= 15 is 0 Å². The molecule has 19 heteroatoms. The molecule has 4 unspecified atom stereocenters. The summed E-state index contributed by atoms with van der Waals surface area (Å²) in [5.41, 5.74) is 1.66. The fraction of sp³-hybridized carbons (Fsp3) is 0.703. The molecule has 1 aromatic carbocycles. The molecule has 18 nitrogen and oxygen atoms in total. The number of aldehydes is 2. The predicted octanol–water partition coefficient (Wildman–Crippen LogP) is 1.85. The number of amides is 4. The molecular weight excluding hydrogens is 751 g/mol. The zero-order valence-electron chi connectivity index (χ0n) is 32.9. The molecule has 4 N–H and O–H groups in total. The lowest BCUT2D eigenvalue weighted by Crippen LogP contribution is -2.49. The van der Waals surface area contributed by atoms with E-state index in [1.54, 1.807) is 4.90 Å². The number of hydrogen-bond acceptors (Lipinski definition) is 15. The van der Waals surface area contributed by atoms with Gasteiger partial charge in [-0.25, -0.2) is 39.0 Å². The average Bonchev–Trinajstić information content (AvgIpc) is 3.75. The van der Waals surface area contributed by atoms with Gasteiger partial charge in [0.2, 0.25) is 11.8 Å².